The minimum atomic E-state index is 0. The van der Waals surface area contributed by atoms with Crippen molar-refractivity contribution < 1.29 is 4.79 Å². The van der Waals surface area contributed by atoms with Gasteiger partial charge >= 0.3 is 0 Å². The molecule has 2 heterocycles. The molecular weight excluding hydrogens is 383 g/mol. The number of halogens is 2. The highest BCUT2D eigenvalue weighted by Gasteiger charge is 2.30. The Morgan fingerprint density at radius 1 is 1.22 bits per heavy atom. The Morgan fingerprint density at radius 3 is 2.56 bits per heavy atom. The molecule has 3 rings (SSSR count). The number of amides is 1. The normalized spacial score (nSPS) is 23.3. The first-order chi connectivity index (χ1) is 12.1. The van der Waals surface area contributed by atoms with Crippen molar-refractivity contribution in [1.29, 1.82) is 0 Å². The summed E-state index contributed by atoms with van der Waals surface area (Å²) in [4.78, 5) is 21.5. The molecule has 5 nitrogen and oxygen atoms in total. The van der Waals surface area contributed by atoms with E-state index in [1.165, 1.54) is 6.42 Å². The van der Waals surface area contributed by atoms with E-state index in [1.807, 2.05) is 30.3 Å². The van der Waals surface area contributed by atoms with Gasteiger partial charge in [0, 0.05) is 63.5 Å². The van der Waals surface area contributed by atoms with E-state index < -0.39 is 0 Å². The van der Waals surface area contributed by atoms with Gasteiger partial charge in [-0.15, -0.1) is 24.8 Å². The topological polar surface area (TPSA) is 62.5 Å². The van der Waals surface area contributed by atoms with Crippen LogP contribution in [0.1, 0.15) is 44.2 Å². The van der Waals surface area contributed by atoms with Crippen LogP contribution in [0.5, 0.6) is 0 Å². The molecule has 0 aromatic carbocycles. The molecule has 0 spiro atoms. The molecule has 0 unspecified atom stereocenters. The molecule has 2 N–H and O–H groups in total. The molecule has 1 amide bonds. The lowest BCUT2D eigenvalue weighted by Gasteiger charge is -2.37. The highest BCUT2D eigenvalue weighted by atomic mass is 35.5. The maximum absolute atomic E-state index is 12.6. The van der Waals surface area contributed by atoms with Crippen molar-refractivity contribution in [2.24, 2.45) is 11.7 Å². The molecule has 0 radical (unpaired) electrons. The number of nitrogens with zero attached hydrogens (tertiary/aromatic N) is 3. The zero-order chi connectivity index (χ0) is 17.6. The molecule has 154 valence electrons. The molecule has 2 aliphatic rings. The molecular formula is C20H34Cl2N4O. The fourth-order valence-electron chi connectivity index (χ4n) is 4.24. The SMILES string of the molecule is CN(C(=O)C[C@@H]1CCC[C@H]1N)C1CCN(CCc2ccccn2)CC1.Cl.Cl. The summed E-state index contributed by atoms with van der Waals surface area (Å²) in [5.41, 5.74) is 7.28. The monoisotopic (exact) mass is 416 g/mol. The zero-order valence-electron chi connectivity index (χ0n) is 16.3. The van der Waals surface area contributed by atoms with Gasteiger partial charge in [0.15, 0.2) is 0 Å². The minimum Gasteiger partial charge on any atom is -0.343 e. The smallest absolute Gasteiger partial charge is 0.222 e. The first kappa shape index (κ1) is 24.2. The summed E-state index contributed by atoms with van der Waals surface area (Å²) in [5, 5.41) is 0. The molecule has 1 aliphatic carbocycles. The summed E-state index contributed by atoms with van der Waals surface area (Å²) in [6.07, 6.45) is 9.01. The van der Waals surface area contributed by atoms with Gasteiger partial charge in [0.1, 0.15) is 0 Å². The second-order valence-corrected chi connectivity index (χ2v) is 7.71. The van der Waals surface area contributed by atoms with E-state index in [4.69, 9.17) is 5.73 Å². The van der Waals surface area contributed by atoms with Crippen LogP contribution in [0.2, 0.25) is 0 Å². The third kappa shape index (κ3) is 6.90. The second kappa shape index (κ2) is 11.8. The summed E-state index contributed by atoms with van der Waals surface area (Å²) in [6, 6.07) is 6.71. The molecule has 27 heavy (non-hydrogen) atoms. The van der Waals surface area contributed by atoms with E-state index in [0.29, 0.717) is 18.4 Å². The Morgan fingerprint density at radius 2 is 1.96 bits per heavy atom. The number of carbonyl (C=O) groups excluding carboxylic acids is 1. The number of piperidine rings is 1. The van der Waals surface area contributed by atoms with Crippen molar-refractivity contribution in [3.63, 3.8) is 0 Å². The number of hydrogen-bond donors (Lipinski definition) is 1. The summed E-state index contributed by atoms with van der Waals surface area (Å²) < 4.78 is 0. The van der Waals surface area contributed by atoms with E-state index in [0.717, 1.165) is 57.4 Å². The van der Waals surface area contributed by atoms with E-state index >= 15 is 0 Å². The van der Waals surface area contributed by atoms with Gasteiger partial charge in [0.05, 0.1) is 0 Å². The van der Waals surface area contributed by atoms with Gasteiger partial charge in [-0.25, -0.2) is 0 Å². The third-order valence-corrected chi connectivity index (χ3v) is 6.06. The Bertz CT molecular complexity index is 552. The van der Waals surface area contributed by atoms with E-state index in [9.17, 15) is 4.79 Å². The van der Waals surface area contributed by atoms with Crippen LogP contribution in [-0.2, 0) is 11.2 Å². The van der Waals surface area contributed by atoms with Crippen LogP contribution in [0.15, 0.2) is 24.4 Å². The van der Waals surface area contributed by atoms with Crippen molar-refractivity contribution in [1.82, 2.24) is 14.8 Å². The third-order valence-electron chi connectivity index (χ3n) is 6.06. The van der Waals surface area contributed by atoms with Crippen LogP contribution < -0.4 is 5.73 Å². The molecule has 7 heteroatoms. The predicted molar refractivity (Wildman–Crippen MR) is 115 cm³/mol. The van der Waals surface area contributed by atoms with Crippen molar-refractivity contribution >= 4 is 30.7 Å². The Balaban J connectivity index is 0.00000182. The average molecular weight is 417 g/mol. The summed E-state index contributed by atoms with van der Waals surface area (Å²) in [6.45, 7) is 3.19. The summed E-state index contributed by atoms with van der Waals surface area (Å²) >= 11 is 0. The van der Waals surface area contributed by atoms with E-state index in [1.54, 1.807) is 0 Å². The largest absolute Gasteiger partial charge is 0.343 e. The fraction of sp³-hybridized carbons (Fsp3) is 0.700. The second-order valence-electron chi connectivity index (χ2n) is 7.71. The van der Waals surface area contributed by atoms with Crippen LogP contribution in [0.4, 0.5) is 0 Å². The first-order valence-corrected chi connectivity index (χ1v) is 9.77. The van der Waals surface area contributed by atoms with Crippen LogP contribution in [-0.4, -0.2) is 59.5 Å². The van der Waals surface area contributed by atoms with Gasteiger partial charge in [-0.2, -0.15) is 0 Å². The summed E-state index contributed by atoms with van der Waals surface area (Å²) in [7, 11) is 1.98. The Hall–Kier alpha value is -0.880. The molecule has 1 aliphatic heterocycles. The molecule has 1 saturated carbocycles. The molecule has 1 aromatic rings. The van der Waals surface area contributed by atoms with Crippen molar-refractivity contribution in [3.8, 4) is 0 Å². The zero-order valence-corrected chi connectivity index (χ0v) is 17.9. The van der Waals surface area contributed by atoms with Crippen molar-refractivity contribution in [2.75, 3.05) is 26.7 Å². The quantitative estimate of drug-likeness (QED) is 0.773. The van der Waals surface area contributed by atoms with Crippen LogP contribution >= 0.6 is 24.8 Å². The standard InChI is InChI=1S/C20H32N4O.2ClH/c1-23(20(25)15-16-5-4-7-19(16)21)18-9-13-24(14-10-18)12-8-17-6-2-3-11-22-17;;/h2-3,6,11,16,18-19H,4-5,7-10,12-15,21H2,1H3;2*1H/t16-,19+;;/m0../s1. The Labute approximate surface area is 175 Å². The summed E-state index contributed by atoms with van der Waals surface area (Å²) in [5.74, 6) is 0.683. The number of pyridine rings is 1. The number of nitrogens with two attached hydrogens (primary N) is 1. The van der Waals surface area contributed by atoms with Gasteiger partial charge in [-0.3, -0.25) is 9.78 Å². The number of carbonyl (C=O) groups is 1. The van der Waals surface area contributed by atoms with Gasteiger partial charge in [0.25, 0.3) is 0 Å². The van der Waals surface area contributed by atoms with Gasteiger partial charge in [-0.05, 0) is 43.7 Å². The lowest BCUT2D eigenvalue weighted by molar-refractivity contribution is -0.133. The Kier molecular flexibility index (Phi) is 10.6. The first-order valence-electron chi connectivity index (χ1n) is 9.77. The minimum absolute atomic E-state index is 0. The number of rotatable bonds is 6. The maximum Gasteiger partial charge on any atom is 0.222 e. The lowest BCUT2D eigenvalue weighted by Crippen LogP contribution is -2.46. The van der Waals surface area contributed by atoms with Crippen LogP contribution in [0, 0.1) is 5.92 Å². The number of aromatic nitrogens is 1. The maximum atomic E-state index is 12.6. The number of likely N-dealkylation sites (tertiary alicyclic amines) is 1. The van der Waals surface area contributed by atoms with Crippen molar-refractivity contribution in [3.05, 3.63) is 30.1 Å². The molecule has 1 saturated heterocycles. The highest BCUT2D eigenvalue weighted by molar-refractivity contribution is 5.85. The molecule has 2 fully saturated rings. The molecule has 2 atom stereocenters. The average Bonchev–Trinajstić information content (AvgIpc) is 3.05. The fourth-order valence-corrected chi connectivity index (χ4v) is 4.24. The number of hydrogen-bond acceptors (Lipinski definition) is 4. The molecule has 1 aromatic heterocycles. The predicted octanol–water partition coefficient (Wildman–Crippen LogP) is 2.91. The van der Waals surface area contributed by atoms with E-state index in [-0.39, 0.29) is 36.8 Å². The van der Waals surface area contributed by atoms with E-state index in [2.05, 4.69) is 16.0 Å². The van der Waals surface area contributed by atoms with Crippen LogP contribution in [0.25, 0.3) is 0 Å². The van der Waals surface area contributed by atoms with Gasteiger partial charge in [0.2, 0.25) is 5.91 Å². The molecule has 0 bridgehead atoms. The van der Waals surface area contributed by atoms with Crippen molar-refractivity contribution in [2.45, 2.75) is 57.0 Å². The van der Waals surface area contributed by atoms with Crippen LogP contribution in [0.3, 0.4) is 0 Å². The van der Waals surface area contributed by atoms with Gasteiger partial charge < -0.3 is 15.5 Å². The van der Waals surface area contributed by atoms with Gasteiger partial charge in [-0.1, -0.05) is 12.5 Å². The highest BCUT2D eigenvalue weighted by Crippen LogP contribution is 2.28. The lowest BCUT2D eigenvalue weighted by atomic mass is 9.97.